The Morgan fingerprint density at radius 1 is 0.603 bits per heavy atom. The Labute approximate surface area is 474 Å². The summed E-state index contributed by atoms with van der Waals surface area (Å²) in [7, 11) is 3.21. The number of carbonyl (C=O) groups is 8. The number of fused-ring (bicyclic) bond motifs is 2. The number of carbonyl (C=O) groups excluding carboxylic acids is 8. The summed E-state index contributed by atoms with van der Waals surface area (Å²) in [5.74, 6) is 0.698. The number of likely N-dealkylation sites (N-methyl/N-ethyl adjacent to an activating group) is 2. The van der Waals surface area contributed by atoms with Gasteiger partial charge in [-0.25, -0.2) is 0 Å². The van der Waals surface area contributed by atoms with Crippen LogP contribution in [0, 0.1) is 24.7 Å². The molecule has 0 bridgehead atoms. The molecule has 8 amide bonds. The molecule has 2 fully saturated rings. The third kappa shape index (κ3) is 15.2. The van der Waals surface area contributed by atoms with Crippen molar-refractivity contribution < 1.29 is 38.4 Å². The minimum atomic E-state index is -1.16. The highest BCUT2D eigenvalue weighted by molar-refractivity contribution is 6.02. The molecule has 2 aliphatic heterocycles. The summed E-state index contributed by atoms with van der Waals surface area (Å²) < 4.78 is 0. The molecule has 22 heteroatoms. The van der Waals surface area contributed by atoms with E-state index in [4.69, 9.17) is 18.6 Å². The first-order valence-electron chi connectivity index (χ1n) is 25.8. The highest BCUT2D eigenvalue weighted by atomic mass is 35.5. The zero-order valence-electron chi connectivity index (χ0n) is 44.2. The van der Waals surface area contributed by atoms with Crippen molar-refractivity contribution in [2.45, 2.75) is 138 Å². The molecule has 0 radical (unpaired) electrons. The topological polar surface area (TPSA) is 265 Å². The van der Waals surface area contributed by atoms with Gasteiger partial charge in [0, 0.05) is 54.8 Å². The molecule has 0 aromatic heterocycles. The number of nitrogens with zero attached hydrogens (tertiary/aromatic N) is 2. The number of amides is 8. The molecular formula is C56H72Cl3N11O8. The molecular weight excluding hydrogens is 1060 g/mol. The molecule has 0 saturated carbocycles. The van der Waals surface area contributed by atoms with Crippen LogP contribution < -0.4 is 48.3 Å². The van der Waals surface area contributed by atoms with Gasteiger partial charge in [0.15, 0.2) is 0 Å². The van der Waals surface area contributed by atoms with Crippen molar-refractivity contribution in [1.29, 1.82) is 0 Å². The lowest BCUT2D eigenvalue weighted by Gasteiger charge is -2.31. The fourth-order valence-corrected chi connectivity index (χ4v) is 10.6. The average molecular weight is 1130 g/mol. The van der Waals surface area contributed by atoms with Crippen molar-refractivity contribution in [1.82, 2.24) is 52.3 Å². The first kappa shape index (κ1) is 63.7. The lowest BCUT2D eigenvalue weighted by molar-refractivity contribution is -0.141. The third-order valence-corrected chi connectivity index (χ3v) is 14.8. The molecule has 3 aromatic rings. The zero-order chi connectivity index (χ0) is 53.9. The van der Waals surface area contributed by atoms with Gasteiger partial charge < -0.3 is 58.1 Å². The van der Waals surface area contributed by atoms with Crippen LogP contribution in [0.3, 0.4) is 0 Å². The number of terminal acetylenes is 2. The number of benzene rings is 3. The number of halogens is 3. The standard InChI is InChI=1S/C56H69N11O8.3ClH/c1-7-15-45(64-49(68)32(3)58-5)55(74)66-30-39(28-47(66)53(72)62-43-23-13-19-34-17-9-11-21-41(34)43)60-51(70)36-25-37(27-38(57)26-36)52(71)61-40-29-48(54(73)63-44-24-14-20-35-18-10-12-22-42(35)44)67(31-40)56(75)46(16-8-2)65-50(69)33(4)59-6;;;/h1-2,9-12,17-18,21-22,25-27,32-33,39-40,43-48,58-59H,13-16,19-20,23-24,28-31,57H2,3-6H3,(H,60,70)(H,61,71)(H,62,72)(H,63,73)(H,64,68)(H,65,69);3*1H/t32-,33-,39-,40-,43+,44+,45-,46-,47-,48-;;;/m0.../s1. The predicted molar refractivity (Wildman–Crippen MR) is 304 cm³/mol. The van der Waals surface area contributed by atoms with E-state index < -0.39 is 95.6 Å². The highest BCUT2D eigenvalue weighted by Gasteiger charge is 2.45. The molecule has 4 aliphatic rings. The number of rotatable bonds is 18. The van der Waals surface area contributed by atoms with E-state index in [0.29, 0.717) is 12.8 Å². The first-order valence-corrected chi connectivity index (χ1v) is 25.8. The largest absolute Gasteiger partial charge is 0.399 e. The SMILES string of the molecule is C#CC[C@H](NC(=O)[C@H](C)NC)C(=O)N1C[C@@H](NC(=O)c2cc(N)cc(C(=O)N[C@H]3C[C@@H](C(=O)N[C@@H]4CCCc5ccccc54)N(C(=O)[C@H](CC#C)NC(=O)[C@H](C)NC)C3)c2)C[C@H]1C(=O)N[C@@H]1CCCc2ccccc21.Cl.Cl.Cl. The van der Waals surface area contributed by atoms with E-state index in [9.17, 15) is 38.4 Å². The summed E-state index contributed by atoms with van der Waals surface area (Å²) in [6.07, 6.45) is 15.9. The summed E-state index contributed by atoms with van der Waals surface area (Å²) >= 11 is 0. The Morgan fingerprint density at radius 3 is 1.36 bits per heavy atom. The Morgan fingerprint density at radius 2 is 0.987 bits per heavy atom. The smallest absolute Gasteiger partial charge is 0.251 e. The molecule has 10 atom stereocenters. The predicted octanol–water partition coefficient (Wildman–Crippen LogP) is 2.55. The van der Waals surface area contributed by atoms with E-state index in [1.54, 1.807) is 27.9 Å². The van der Waals surface area contributed by atoms with Crippen molar-refractivity contribution in [2.24, 2.45) is 0 Å². The average Bonchev–Trinajstić information content (AvgIpc) is 4.08. The number of nitrogen functional groups attached to an aromatic ring is 1. The lowest BCUT2D eigenvalue weighted by atomic mass is 9.87. The summed E-state index contributed by atoms with van der Waals surface area (Å²) in [5, 5.41) is 23.3. The second kappa shape index (κ2) is 29.2. The number of aryl methyl sites for hydroxylation is 2. The summed E-state index contributed by atoms with van der Waals surface area (Å²) in [6.45, 7) is 3.06. The van der Waals surface area contributed by atoms with Crippen LogP contribution in [-0.4, -0.2) is 133 Å². The van der Waals surface area contributed by atoms with E-state index in [1.165, 1.54) is 28.0 Å². The lowest BCUT2D eigenvalue weighted by Crippen LogP contribution is -2.55. The minimum absolute atomic E-state index is 0. The molecule has 7 rings (SSSR count). The number of nitrogens with one attached hydrogen (secondary N) is 8. The van der Waals surface area contributed by atoms with Crippen molar-refractivity contribution >= 4 is 90.2 Å². The van der Waals surface area contributed by atoms with E-state index >= 15 is 0 Å². The Kier molecular flexibility index (Phi) is 23.8. The van der Waals surface area contributed by atoms with Crippen LogP contribution >= 0.6 is 37.2 Å². The van der Waals surface area contributed by atoms with Gasteiger partial charge in [0.05, 0.1) is 24.2 Å². The van der Waals surface area contributed by atoms with Gasteiger partial charge in [-0.05, 0) is 120 Å². The van der Waals surface area contributed by atoms with Gasteiger partial charge in [-0.1, -0.05) is 48.5 Å². The molecule has 2 saturated heterocycles. The van der Waals surface area contributed by atoms with E-state index in [0.717, 1.165) is 47.9 Å². The maximum Gasteiger partial charge on any atom is 0.251 e. The van der Waals surface area contributed by atoms with Crippen LogP contribution in [0.15, 0.2) is 66.7 Å². The molecule has 2 aliphatic carbocycles. The first-order chi connectivity index (χ1) is 36.0. The zero-order valence-corrected chi connectivity index (χ0v) is 46.7. The second-order valence-electron chi connectivity index (χ2n) is 19.9. The normalized spacial score (nSPS) is 21.4. The Bertz CT molecular complexity index is 2590. The number of likely N-dealkylation sites (tertiary alicyclic amines) is 2. The molecule has 0 unspecified atom stereocenters. The van der Waals surface area contributed by atoms with E-state index in [-0.39, 0.29) is 105 Å². The van der Waals surface area contributed by atoms with E-state index in [1.807, 2.05) is 48.5 Å². The van der Waals surface area contributed by atoms with Gasteiger partial charge in [0.1, 0.15) is 24.2 Å². The Hall–Kier alpha value is -6.87. The van der Waals surface area contributed by atoms with Crippen LogP contribution in [0.5, 0.6) is 0 Å². The fourth-order valence-electron chi connectivity index (χ4n) is 10.6. The summed E-state index contributed by atoms with van der Waals surface area (Å²) in [6, 6.07) is 12.1. The number of hydrogen-bond acceptors (Lipinski definition) is 11. The van der Waals surface area contributed by atoms with Gasteiger partial charge in [-0.2, -0.15) is 0 Å². The van der Waals surface area contributed by atoms with Crippen molar-refractivity contribution in [2.75, 3.05) is 32.9 Å². The van der Waals surface area contributed by atoms with Crippen LogP contribution in [0.4, 0.5) is 5.69 Å². The van der Waals surface area contributed by atoms with E-state index in [2.05, 4.69) is 54.4 Å². The number of nitrogens with two attached hydrogens (primary N) is 1. The quantitative estimate of drug-likeness (QED) is 0.0661. The maximum atomic E-state index is 14.4. The molecule has 2 heterocycles. The van der Waals surface area contributed by atoms with Gasteiger partial charge in [-0.3, -0.25) is 38.4 Å². The van der Waals surface area contributed by atoms with Gasteiger partial charge in [0.25, 0.3) is 11.8 Å². The third-order valence-electron chi connectivity index (χ3n) is 14.8. The molecule has 78 heavy (non-hydrogen) atoms. The summed E-state index contributed by atoms with van der Waals surface area (Å²) in [5.41, 5.74) is 10.7. The highest BCUT2D eigenvalue weighted by Crippen LogP contribution is 2.32. The van der Waals surface area contributed by atoms with Gasteiger partial charge >= 0.3 is 0 Å². The molecule has 19 nitrogen and oxygen atoms in total. The number of anilines is 1. The molecule has 10 N–H and O–H groups in total. The molecule has 0 spiro atoms. The summed E-state index contributed by atoms with van der Waals surface area (Å²) in [4.78, 5) is 114. The maximum absolute atomic E-state index is 14.4. The van der Waals surface area contributed by atoms with Gasteiger partial charge in [-0.15, -0.1) is 61.9 Å². The minimum Gasteiger partial charge on any atom is -0.399 e. The monoisotopic (exact) mass is 1130 g/mol. The van der Waals surface area contributed by atoms with Gasteiger partial charge in [0.2, 0.25) is 35.4 Å². The van der Waals surface area contributed by atoms with Crippen LogP contribution in [0.1, 0.15) is 120 Å². The van der Waals surface area contributed by atoms with Crippen LogP contribution in [0.2, 0.25) is 0 Å². The Balaban J connectivity index is 0.00000437. The molecule has 3 aromatic carbocycles. The van der Waals surface area contributed by atoms with Crippen molar-refractivity contribution in [3.8, 4) is 24.7 Å². The number of hydrogen-bond donors (Lipinski definition) is 9. The van der Waals surface area contributed by atoms with Crippen molar-refractivity contribution in [3.05, 3.63) is 100 Å². The van der Waals surface area contributed by atoms with Crippen molar-refractivity contribution in [3.63, 3.8) is 0 Å². The van der Waals surface area contributed by atoms with Crippen LogP contribution in [-0.2, 0) is 41.6 Å². The fraction of sp³-hybridized carbons (Fsp3) is 0.464. The van der Waals surface area contributed by atoms with Crippen LogP contribution in [0.25, 0.3) is 0 Å². The molecule has 420 valence electrons. The second-order valence-corrected chi connectivity index (χ2v) is 19.9.